The van der Waals surface area contributed by atoms with Gasteiger partial charge in [-0.3, -0.25) is 0 Å². The van der Waals surface area contributed by atoms with Crippen LogP contribution in [0.3, 0.4) is 0 Å². The zero-order valence-electron chi connectivity index (χ0n) is 12.4. The second kappa shape index (κ2) is 6.26. The number of hydrogen-bond acceptors (Lipinski definition) is 4. The highest BCUT2D eigenvalue weighted by Gasteiger charge is 2.09. The molecule has 0 unspecified atom stereocenters. The molecule has 0 aliphatic heterocycles. The number of benzene rings is 1. The average Bonchev–Trinajstić information content (AvgIpc) is 2.47. The van der Waals surface area contributed by atoms with E-state index in [9.17, 15) is 4.79 Å². The van der Waals surface area contributed by atoms with E-state index in [-0.39, 0.29) is 5.56 Å². The number of aromatic nitrogens is 1. The lowest BCUT2D eigenvalue weighted by Crippen LogP contribution is -2.20. The van der Waals surface area contributed by atoms with Gasteiger partial charge < -0.3 is 14.9 Å². The molecular formula is C16H19N3O2. The molecule has 2 aromatic rings. The van der Waals surface area contributed by atoms with E-state index in [0.717, 1.165) is 11.5 Å². The third-order valence-corrected chi connectivity index (χ3v) is 3.27. The summed E-state index contributed by atoms with van der Waals surface area (Å²) < 4.78 is 0. The van der Waals surface area contributed by atoms with Crippen LogP contribution in [0.2, 0.25) is 0 Å². The van der Waals surface area contributed by atoms with Gasteiger partial charge in [-0.25, -0.2) is 9.78 Å². The Kier molecular flexibility index (Phi) is 4.42. The van der Waals surface area contributed by atoms with Crippen LogP contribution >= 0.6 is 0 Å². The summed E-state index contributed by atoms with van der Waals surface area (Å²) in [7, 11) is 5.96. The summed E-state index contributed by atoms with van der Waals surface area (Å²) in [5.74, 6) is -0.219. The number of nitrogens with zero attached hydrogens (tertiary/aromatic N) is 3. The van der Waals surface area contributed by atoms with Crippen LogP contribution in [-0.2, 0) is 6.54 Å². The maximum absolute atomic E-state index is 10.8. The van der Waals surface area contributed by atoms with Gasteiger partial charge in [0.2, 0.25) is 0 Å². The maximum Gasteiger partial charge on any atom is 0.337 e. The first kappa shape index (κ1) is 14.8. The lowest BCUT2D eigenvalue weighted by atomic mass is 10.1. The number of aromatic carboxylic acids is 1. The lowest BCUT2D eigenvalue weighted by Gasteiger charge is -2.23. The zero-order chi connectivity index (χ0) is 15.4. The van der Waals surface area contributed by atoms with Crippen LogP contribution in [0, 0.1) is 0 Å². The molecule has 0 fully saturated rings. The zero-order valence-corrected chi connectivity index (χ0v) is 12.4. The summed E-state index contributed by atoms with van der Waals surface area (Å²) in [6.45, 7) is 0.702. The molecule has 0 bridgehead atoms. The molecule has 1 aromatic heterocycles. The van der Waals surface area contributed by atoms with E-state index in [0.29, 0.717) is 6.54 Å². The smallest absolute Gasteiger partial charge is 0.337 e. The number of pyridine rings is 1. The van der Waals surface area contributed by atoms with Crippen molar-refractivity contribution >= 4 is 17.5 Å². The Morgan fingerprint density at radius 3 is 2.43 bits per heavy atom. The molecular weight excluding hydrogens is 266 g/mol. The first-order valence-corrected chi connectivity index (χ1v) is 6.64. The number of carbonyl (C=O) groups is 1. The van der Waals surface area contributed by atoms with Crippen LogP contribution in [-0.4, -0.2) is 37.2 Å². The quantitative estimate of drug-likeness (QED) is 0.914. The summed E-state index contributed by atoms with van der Waals surface area (Å²) in [5, 5.41) is 8.89. The topological polar surface area (TPSA) is 56.7 Å². The van der Waals surface area contributed by atoms with Gasteiger partial charge in [-0.05, 0) is 23.8 Å². The largest absolute Gasteiger partial charge is 0.478 e. The van der Waals surface area contributed by atoms with Gasteiger partial charge >= 0.3 is 5.97 Å². The third kappa shape index (κ3) is 3.51. The summed E-state index contributed by atoms with van der Waals surface area (Å²) in [6.07, 6.45) is 1.38. The second-order valence-corrected chi connectivity index (χ2v) is 5.09. The summed E-state index contributed by atoms with van der Waals surface area (Å²) in [4.78, 5) is 19.1. The van der Waals surface area contributed by atoms with Gasteiger partial charge in [0.1, 0.15) is 5.82 Å². The van der Waals surface area contributed by atoms with E-state index in [2.05, 4.69) is 22.0 Å². The van der Waals surface area contributed by atoms with Gasteiger partial charge in [0, 0.05) is 39.6 Å². The number of hydrogen-bond donors (Lipinski definition) is 1. The Morgan fingerprint density at radius 1 is 1.14 bits per heavy atom. The Bertz CT molecular complexity index is 624. The molecule has 5 nitrogen and oxygen atoms in total. The highest BCUT2D eigenvalue weighted by Crippen LogP contribution is 2.21. The van der Waals surface area contributed by atoms with Crippen molar-refractivity contribution in [3.8, 4) is 0 Å². The fourth-order valence-electron chi connectivity index (χ4n) is 2.16. The fourth-order valence-corrected chi connectivity index (χ4v) is 2.16. The monoisotopic (exact) mass is 285 g/mol. The molecule has 5 heteroatoms. The van der Waals surface area contributed by atoms with Crippen molar-refractivity contribution in [1.29, 1.82) is 0 Å². The SMILES string of the molecule is CN(C)c1ccccc1CN(C)c1ccc(C(=O)O)cn1. The van der Waals surface area contributed by atoms with E-state index >= 15 is 0 Å². The molecule has 0 saturated carbocycles. The molecule has 1 aromatic carbocycles. The Hall–Kier alpha value is -2.56. The van der Waals surface area contributed by atoms with Gasteiger partial charge in [0.15, 0.2) is 0 Å². The fraction of sp³-hybridized carbons (Fsp3) is 0.250. The Morgan fingerprint density at radius 2 is 1.86 bits per heavy atom. The first-order chi connectivity index (χ1) is 9.99. The van der Waals surface area contributed by atoms with Crippen molar-refractivity contribution in [2.24, 2.45) is 0 Å². The maximum atomic E-state index is 10.8. The molecule has 0 aliphatic rings. The average molecular weight is 285 g/mol. The van der Waals surface area contributed by atoms with Crippen LogP contribution in [0.5, 0.6) is 0 Å². The van der Waals surface area contributed by atoms with E-state index in [4.69, 9.17) is 5.11 Å². The minimum absolute atomic E-state index is 0.195. The van der Waals surface area contributed by atoms with E-state index in [1.807, 2.05) is 38.2 Å². The molecule has 2 rings (SSSR count). The van der Waals surface area contributed by atoms with Crippen LogP contribution in [0.4, 0.5) is 11.5 Å². The lowest BCUT2D eigenvalue weighted by molar-refractivity contribution is 0.0696. The number of rotatable bonds is 5. The van der Waals surface area contributed by atoms with Gasteiger partial charge in [-0.1, -0.05) is 18.2 Å². The highest BCUT2D eigenvalue weighted by molar-refractivity contribution is 5.87. The molecule has 21 heavy (non-hydrogen) atoms. The van der Waals surface area contributed by atoms with Gasteiger partial charge in [-0.2, -0.15) is 0 Å². The molecule has 0 amide bonds. The summed E-state index contributed by atoms with van der Waals surface area (Å²) >= 11 is 0. The minimum Gasteiger partial charge on any atom is -0.478 e. The van der Waals surface area contributed by atoms with Crippen molar-refractivity contribution in [3.63, 3.8) is 0 Å². The van der Waals surface area contributed by atoms with E-state index in [1.54, 1.807) is 12.1 Å². The van der Waals surface area contributed by atoms with Crippen LogP contribution in [0.25, 0.3) is 0 Å². The number of para-hydroxylation sites is 1. The predicted molar refractivity (Wildman–Crippen MR) is 84.1 cm³/mol. The second-order valence-electron chi connectivity index (χ2n) is 5.09. The number of carboxylic acids is 1. The molecule has 1 N–H and O–H groups in total. The van der Waals surface area contributed by atoms with Crippen molar-refractivity contribution in [2.45, 2.75) is 6.54 Å². The van der Waals surface area contributed by atoms with E-state index in [1.165, 1.54) is 11.8 Å². The van der Waals surface area contributed by atoms with Gasteiger partial charge in [-0.15, -0.1) is 0 Å². The standard InChI is InChI=1S/C16H19N3O2/c1-18(2)14-7-5-4-6-13(14)11-19(3)15-9-8-12(10-17-15)16(20)21/h4-10H,11H2,1-3H3,(H,20,21). The molecule has 110 valence electrons. The number of carboxylic acid groups (broad SMARTS) is 1. The van der Waals surface area contributed by atoms with Crippen LogP contribution in [0.15, 0.2) is 42.6 Å². The Labute approximate surface area is 124 Å². The molecule has 0 radical (unpaired) electrons. The molecule has 0 aliphatic carbocycles. The van der Waals surface area contributed by atoms with Crippen molar-refractivity contribution in [3.05, 3.63) is 53.7 Å². The van der Waals surface area contributed by atoms with E-state index < -0.39 is 5.97 Å². The molecule has 0 saturated heterocycles. The van der Waals surface area contributed by atoms with Crippen molar-refractivity contribution in [1.82, 2.24) is 4.98 Å². The third-order valence-electron chi connectivity index (χ3n) is 3.27. The van der Waals surface area contributed by atoms with Crippen molar-refractivity contribution in [2.75, 3.05) is 30.9 Å². The first-order valence-electron chi connectivity index (χ1n) is 6.64. The molecule has 0 atom stereocenters. The summed E-state index contributed by atoms with van der Waals surface area (Å²) in [5.41, 5.74) is 2.54. The summed E-state index contributed by atoms with van der Waals surface area (Å²) in [6, 6.07) is 11.5. The van der Waals surface area contributed by atoms with Crippen LogP contribution < -0.4 is 9.80 Å². The molecule has 1 heterocycles. The molecule has 0 spiro atoms. The Balaban J connectivity index is 2.18. The highest BCUT2D eigenvalue weighted by atomic mass is 16.4. The minimum atomic E-state index is -0.963. The van der Waals surface area contributed by atoms with Crippen molar-refractivity contribution < 1.29 is 9.90 Å². The normalized spacial score (nSPS) is 10.2. The van der Waals surface area contributed by atoms with Gasteiger partial charge in [0.25, 0.3) is 0 Å². The van der Waals surface area contributed by atoms with Crippen LogP contribution in [0.1, 0.15) is 15.9 Å². The predicted octanol–water partition coefficient (Wildman–Crippen LogP) is 2.48. The number of anilines is 2. The van der Waals surface area contributed by atoms with Gasteiger partial charge in [0.05, 0.1) is 5.56 Å².